The van der Waals surface area contributed by atoms with Gasteiger partial charge in [0.25, 0.3) is 0 Å². The summed E-state index contributed by atoms with van der Waals surface area (Å²) in [5, 5.41) is 13.0. The topological polar surface area (TPSA) is 58.7 Å². The van der Waals surface area contributed by atoms with Crippen LogP contribution in [-0.2, 0) is 18.8 Å². The molecule has 6 heteroatoms. The average Bonchev–Trinajstić information content (AvgIpc) is 2.64. The lowest BCUT2D eigenvalue weighted by Crippen LogP contribution is -2.54. The van der Waals surface area contributed by atoms with E-state index in [1.165, 1.54) is 0 Å². The van der Waals surface area contributed by atoms with Gasteiger partial charge in [-0.3, -0.25) is 4.57 Å². The maximum Gasteiger partial charge on any atom is 0.353 e. The third-order valence-corrected chi connectivity index (χ3v) is 6.84. The van der Waals surface area contributed by atoms with E-state index in [2.05, 4.69) is 0 Å². The standard InChI is InChI=1S/C15H31NO4P/c1-6-19-21(18,20-7-2)15(16(17)14(3,4)5)12-10-8-9-11-13-15/h6-13H2,1-5H3. The van der Waals surface area contributed by atoms with Crippen molar-refractivity contribution in [3.63, 3.8) is 0 Å². The van der Waals surface area contributed by atoms with Gasteiger partial charge in [0.05, 0.1) is 13.2 Å². The second kappa shape index (κ2) is 7.56. The molecule has 0 N–H and O–H groups in total. The minimum absolute atomic E-state index is 0.289. The van der Waals surface area contributed by atoms with E-state index in [0.717, 1.165) is 30.7 Å². The van der Waals surface area contributed by atoms with Crippen LogP contribution in [-0.4, -0.2) is 29.1 Å². The molecule has 0 bridgehead atoms. The van der Waals surface area contributed by atoms with E-state index in [1.807, 2.05) is 20.8 Å². The summed E-state index contributed by atoms with van der Waals surface area (Å²) in [6.45, 7) is 9.73. The molecule has 0 spiro atoms. The van der Waals surface area contributed by atoms with Crippen LogP contribution in [0.25, 0.3) is 0 Å². The molecule has 1 radical (unpaired) electrons. The summed E-state index contributed by atoms with van der Waals surface area (Å²) in [5.74, 6) is 0. The van der Waals surface area contributed by atoms with Crippen molar-refractivity contribution < 1.29 is 18.8 Å². The molecule has 1 aliphatic carbocycles. The molecule has 1 saturated carbocycles. The van der Waals surface area contributed by atoms with Crippen molar-refractivity contribution in [2.24, 2.45) is 0 Å². The minimum Gasteiger partial charge on any atom is -0.308 e. The van der Waals surface area contributed by atoms with Crippen molar-refractivity contribution >= 4 is 7.60 Å². The maximum atomic E-state index is 13.4. The van der Waals surface area contributed by atoms with Crippen molar-refractivity contribution in [2.45, 2.75) is 84.0 Å². The molecule has 0 unspecified atom stereocenters. The summed E-state index contributed by atoms with van der Waals surface area (Å²) in [5.41, 5.74) is -0.631. The first-order valence-electron chi connectivity index (χ1n) is 8.10. The van der Waals surface area contributed by atoms with Crippen molar-refractivity contribution in [3.8, 4) is 0 Å². The van der Waals surface area contributed by atoms with E-state index in [1.54, 1.807) is 13.8 Å². The molecule has 125 valence electrons. The fourth-order valence-corrected chi connectivity index (χ4v) is 5.75. The lowest BCUT2D eigenvalue weighted by molar-refractivity contribution is -0.260. The van der Waals surface area contributed by atoms with Crippen LogP contribution in [0.2, 0.25) is 0 Å². The van der Waals surface area contributed by atoms with Crippen molar-refractivity contribution in [1.82, 2.24) is 5.06 Å². The predicted octanol–water partition coefficient (Wildman–Crippen LogP) is 4.75. The fourth-order valence-electron chi connectivity index (χ4n) is 3.12. The van der Waals surface area contributed by atoms with Gasteiger partial charge in [-0.25, -0.2) is 0 Å². The Morgan fingerprint density at radius 1 is 1.00 bits per heavy atom. The zero-order chi connectivity index (χ0) is 16.1. The van der Waals surface area contributed by atoms with Gasteiger partial charge >= 0.3 is 7.60 Å². The van der Waals surface area contributed by atoms with Crippen LogP contribution in [0.3, 0.4) is 0 Å². The fraction of sp³-hybridized carbons (Fsp3) is 1.00. The van der Waals surface area contributed by atoms with E-state index < -0.39 is 18.4 Å². The molecule has 1 aliphatic rings. The van der Waals surface area contributed by atoms with Crippen LogP contribution in [0, 0.1) is 0 Å². The molecule has 1 fully saturated rings. The van der Waals surface area contributed by atoms with Crippen molar-refractivity contribution in [3.05, 3.63) is 0 Å². The van der Waals surface area contributed by atoms with Crippen LogP contribution in [0.15, 0.2) is 0 Å². The Labute approximate surface area is 129 Å². The summed E-state index contributed by atoms with van der Waals surface area (Å²) < 4.78 is 24.6. The third kappa shape index (κ3) is 4.08. The molecule has 0 aromatic carbocycles. The van der Waals surface area contributed by atoms with E-state index in [4.69, 9.17) is 9.05 Å². The van der Waals surface area contributed by atoms with Crippen LogP contribution >= 0.6 is 7.60 Å². The van der Waals surface area contributed by atoms with E-state index in [-0.39, 0.29) is 13.2 Å². The Hall–Kier alpha value is 0.0700. The molecular formula is C15H31NO4P. The number of hydrogen-bond donors (Lipinski definition) is 0. The zero-order valence-electron chi connectivity index (χ0n) is 14.2. The molecule has 0 atom stereocenters. The molecule has 0 aromatic heterocycles. The van der Waals surface area contributed by atoms with Gasteiger partial charge < -0.3 is 9.05 Å². The molecule has 0 aliphatic heterocycles. The van der Waals surface area contributed by atoms with Crippen LogP contribution in [0.5, 0.6) is 0 Å². The Morgan fingerprint density at radius 3 is 1.76 bits per heavy atom. The van der Waals surface area contributed by atoms with Gasteiger partial charge in [0.2, 0.25) is 0 Å². The smallest absolute Gasteiger partial charge is 0.308 e. The van der Waals surface area contributed by atoms with Crippen LogP contribution in [0.1, 0.15) is 73.1 Å². The first-order valence-corrected chi connectivity index (χ1v) is 9.64. The second-order valence-corrected chi connectivity index (χ2v) is 9.04. The van der Waals surface area contributed by atoms with Gasteiger partial charge in [0, 0.05) is 5.54 Å². The quantitative estimate of drug-likeness (QED) is 0.402. The maximum absolute atomic E-state index is 13.4. The highest BCUT2D eigenvalue weighted by Gasteiger charge is 2.58. The summed E-state index contributed by atoms with van der Waals surface area (Å²) in [6.07, 6.45) is 5.06. The van der Waals surface area contributed by atoms with Gasteiger partial charge in [-0.05, 0) is 47.5 Å². The summed E-state index contributed by atoms with van der Waals surface area (Å²) in [6, 6.07) is 0. The number of rotatable bonds is 6. The molecule has 0 heterocycles. The van der Waals surface area contributed by atoms with Crippen LogP contribution < -0.4 is 0 Å². The van der Waals surface area contributed by atoms with E-state index in [9.17, 15) is 9.77 Å². The van der Waals surface area contributed by atoms with Crippen molar-refractivity contribution in [2.75, 3.05) is 13.2 Å². The molecule has 1 rings (SSSR count). The van der Waals surface area contributed by atoms with E-state index >= 15 is 0 Å². The van der Waals surface area contributed by atoms with E-state index in [0.29, 0.717) is 12.8 Å². The monoisotopic (exact) mass is 320 g/mol. The molecule has 0 aromatic rings. The summed E-state index contributed by atoms with van der Waals surface area (Å²) in [7, 11) is -3.49. The Balaban J connectivity index is 3.30. The Bertz CT molecular complexity index is 349. The highest BCUT2D eigenvalue weighted by atomic mass is 31.2. The highest BCUT2D eigenvalue weighted by Crippen LogP contribution is 2.66. The van der Waals surface area contributed by atoms with Gasteiger partial charge in [0.15, 0.2) is 5.28 Å². The number of hydroxylamine groups is 2. The largest absolute Gasteiger partial charge is 0.353 e. The highest BCUT2D eigenvalue weighted by molar-refractivity contribution is 7.55. The van der Waals surface area contributed by atoms with Gasteiger partial charge in [-0.15, -0.1) is 10.3 Å². The van der Waals surface area contributed by atoms with Gasteiger partial charge in [-0.1, -0.05) is 25.7 Å². The molecule has 0 amide bonds. The normalized spacial score (nSPS) is 20.5. The summed E-state index contributed by atoms with van der Waals surface area (Å²) >= 11 is 0. The second-order valence-electron chi connectivity index (χ2n) is 6.69. The Morgan fingerprint density at radius 2 is 1.43 bits per heavy atom. The van der Waals surface area contributed by atoms with Gasteiger partial charge in [-0.2, -0.15) is 0 Å². The van der Waals surface area contributed by atoms with Crippen molar-refractivity contribution in [1.29, 1.82) is 0 Å². The first kappa shape index (κ1) is 19.1. The lowest BCUT2D eigenvalue weighted by atomic mass is 10.0. The molecule has 21 heavy (non-hydrogen) atoms. The number of hydrogen-bond acceptors (Lipinski definition) is 4. The average molecular weight is 320 g/mol. The SMILES string of the molecule is CCOP(=O)(OCC)C1(N([O])C(C)(C)C)CCCCCC1. The molecule has 0 saturated heterocycles. The zero-order valence-corrected chi connectivity index (χ0v) is 15.1. The predicted molar refractivity (Wildman–Crippen MR) is 83.6 cm³/mol. The lowest BCUT2D eigenvalue weighted by Gasteiger charge is -2.46. The Kier molecular flexibility index (Phi) is 6.88. The van der Waals surface area contributed by atoms with Crippen LogP contribution in [0.4, 0.5) is 0 Å². The minimum atomic E-state index is -3.49. The third-order valence-electron chi connectivity index (χ3n) is 4.00. The molecular weight excluding hydrogens is 289 g/mol. The number of nitrogens with zero attached hydrogens (tertiary/aromatic N) is 1. The first-order chi connectivity index (χ1) is 9.73. The molecule has 5 nitrogen and oxygen atoms in total. The van der Waals surface area contributed by atoms with Gasteiger partial charge in [0.1, 0.15) is 0 Å². The summed E-state index contributed by atoms with van der Waals surface area (Å²) in [4.78, 5) is 0.